The van der Waals surface area contributed by atoms with Crippen LogP contribution in [0.2, 0.25) is 0 Å². The van der Waals surface area contributed by atoms with Gasteiger partial charge in [0, 0.05) is 19.5 Å². The molecular formula is C21H25NO6S. The first kappa shape index (κ1) is 21.3. The maximum Gasteiger partial charge on any atom is 0.306 e. The van der Waals surface area contributed by atoms with Crippen LogP contribution >= 0.6 is 0 Å². The van der Waals surface area contributed by atoms with Crippen LogP contribution in [-0.2, 0) is 37.3 Å². The fourth-order valence-corrected chi connectivity index (χ4v) is 4.38. The van der Waals surface area contributed by atoms with Crippen LogP contribution in [0.15, 0.2) is 53.4 Å². The van der Waals surface area contributed by atoms with Crippen LogP contribution in [0.25, 0.3) is 0 Å². The van der Waals surface area contributed by atoms with Crippen LogP contribution < -0.4 is 4.74 Å². The molecule has 1 heterocycles. The number of hydrogen-bond acceptors (Lipinski definition) is 6. The number of carbonyl (C=O) groups is 1. The Morgan fingerprint density at radius 3 is 2.24 bits per heavy atom. The molecule has 0 N–H and O–H groups in total. The van der Waals surface area contributed by atoms with Crippen LogP contribution in [0.1, 0.15) is 17.5 Å². The molecular weight excluding hydrogens is 394 g/mol. The summed E-state index contributed by atoms with van der Waals surface area (Å²) in [6.07, 6.45) is 0.713. The van der Waals surface area contributed by atoms with Crippen LogP contribution in [-0.4, -0.2) is 52.1 Å². The Balaban J connectivity index is 1.48. The van der Waals surface area contributed by atoms with Gasteiger partial charge in [-0.05, 0) is 41.8 Å². The average molecular weight is 419 g/mol. The van der Waals surface area contributed by atoms with E-state index in [0.717, 1.165) is 16.9 Å². The zero-order chi connectivity index (χ0) is 20.7. The van der Waals surface area contributed by atoms with Gasteiger partial charge < -0.3 is 14.2 Å². The second-order valence-electron chi connectivity index (χ2n) is 6.67. The lowest BCUT2D eigenvalue weighted by atomic mass is 10.1. The zero-order valence-electron chi connectivity index (χ0n) is 16.4. The lowest BCUT2D eigenvalue weighted by molar-refractivity contribution is -0.144. The maximum atomic E-state index is 12.6. The number of benzene rings is 2. The molecule has 0 unspecified atom stereocenters. The van der Waals surface area contributed by atoms with Gasteiger partial charge in [0.25, 0.3) is 0 Å². The fraction of sp³-hybridized carbons (Fsp3) is 0.381. The van der Waals surface area contributed by atoms with Crippen molar-refractivity contribution < 1.29 is 27.4 Å². The van der Waals surface area contributed by atoms with E-state index < -0.39 is 10.0 Å². The highest BCUT2D eigenvalue weighted by Gasteiger charge is 2.26. The molecule has 3 rings (SSSR count). The monoisotopic (exact) mass is 419 g/mol. The van der Waals surface area contributed by atoms with Gasteiger partial charge in [0.1, 0.15) is 12.4 Å². The highest BCUT2D eigenvalue weighted by atomic mass is 32.2. The largest absolute Gasteiger partial charge is 0.497 e. The lowest BCUT2D eigenvalue weighted by Gasteiger charge is -2.26. The number of esters is 1. The van der Waals surface area contributed by atoms with E-state index in [-0.39, 0.29) is 23.9 Å². The number of nitrogens with zero attached hydrogens (tertiary/aromatic N) is 1. The van der Waals surface area contributed by atoms with Crippen LogP contribution in [0.5, 0.6) is 5.75 Å². The maximum absolute atomic E-state index is 12.6. The van der Waals surface area contributed by atoms with Gasteiger partial charge in [0.2, 0.25) is 10.0 Å². The first-order valence-electron chi connectivity index (χ1n) is 9.44. The van der Waals surface area contributed by atoms with E-state index >= 15 is 0 Å². The van der Waals surface area contributed by atoms with E-state index in [1.54, 1.807) is 31.4 Å². The number of aryl methyl sites for hydroxylation is 1. The van der Waals surface area contributed by atoms with Crippen molar-refractivity contribution in [2.75, 3.05) is 33.4 Å². The van der Waals surface area contributed by atoms with Crippen molar-refractivity contribution >= 4 is 16.0 Å². The summed E-state index contributed by atoms with van der Waals surface area (Å²) < 4.78 is 42.2. The SMILES string of the molecule is COc1ccc(COC(=O)CCc2ccc(S(=O)(=O)N3CCOCC3)cc2)cc1. The molecule has 0 bridgehead atoms. The summed E-state index contributed by atoms with van der Waals surface area (Å²) in [6.45, 7) is 1.76. The van der Waals surface area contributed by atoms with Gasteiger partial charge in [-0.1, -0.05) is 24.3 Å². The quantitative estimate of drug-likeness (QED) is 0.611. The first-order chi connectivity index (χ1) is 14.0. The van der Waals surface area contributed by atoms with Crippen molar-refractivity contribution in [1.82, 2.24) is 4.31 Å². The number of morpholine rings is 1. The Morgan fingerprint density at radius 1 is 1.00 bits per heavy atom. The molecule has 1 aliphatic rings. The van der Waals surface area contributed by atoms with Gasteiger partial charge in [0.15, 0.2) is 0 Å². The number of sulfonamides is 1. The second kappa shape index (κ2) is 9.87. The summed E-state index contributed by atoms with van der Waals surface area (Å²) in [4.78, 5) is 12.2. The van der Waals surface area contributed by atoms with E-state index in [1.165, 1.54) is 4.31 Å². The number of rotatable bonds is 8. The molecule has 1 aliphatic heterocycles. The molecule has 0 amide bonds. The van der Waals surface area contributed by atoms with Crippen LogP contribution in [0, 0.1) is 0 Å². The highest BCUT2D eigenvalue weighted by molar-refractivity contribution is 7.89. The number of carbonyl (C=O) groups excluding carboxylic acids is 1. The van der Waals surface area contributed by atoms with Crippen LogP contribution in [0.3, 0.4) is 0 Å². The second-order valence-corrected chi connectivity index (χ2v) is 8.61. The smallest absolute Gasteiger partial charge is 0.306 e. The van der Waals surface area contributed by atoms with E-state index in [9.17, 15) is 13.2 Å². The van der Waals surface area contributed by atoms with Crippen molar-refractivity contribution in [2.24, 2.45) is 0 Å². The topological polar surface area (TPSA) is 82.1 Å². The molecule has 0 aliphatic carbocycles. The predicted octanol–water partition coefficient (Wildman–Crippen LogP) is 2.39. The molecule has 0 radical (unpaired) electrons. The molecule has 1 saturated heterocycles. The third-order valence-corrected chi connectivity index (χ3v) is 6.62. The highest BCUT2D eigenvalue weighted by Crippen LogP contribution is 2.18. The van der Waals surface area contributed by atoms with Gasteiger partial charge in [-0.25, -0.2) is 8.42 Å². The van der Waals surface area contributed by atoms with E-state index in [2.05, 4.69) is 0 Å². The fourth-order valence-electron chi connectivity index (χ4n) is 2.97. The minimum Gasteiger partial charge on any atom is -0.497 e. The number of ether oxygens (including phenoxy) is 3. The Morgan fingerprint density at radius 2 is 1.62 bits per heavy atom. The summed E-state index contributed by atoms with van der Waals surface area (Å²) in [5.74, 6) is 0.449. The molecule has 29 heavy (non-hydrogen) atoms. The minimum atomic E-state index is -3.50. The predicted molar refractivity (Wildman–Crippen MR) is 107 cm³/mol. The first-order valence-corrected chi connectivity index (χ1v) is 10.9. The summed E-state index contributed by atoms with van der Waals surface area (Å²) in [5.41, 5.74) is 1.77. The summed E-state index contributed by atoms with van der Waals surface area (Å²) in [7, 11) is -1.90. The molecule has 8 heteroatoms. The molecule has 0 spiro atoms. The van der Waals surface area contributed by atoms with E-state index in [4.69, 9.17) is 14.2 Å². The number of hydrogen-bond donors (Lipinski definition) is 0. The molecule has 0 aromatic heterocycles. The van der Waals surface area contributed by atoms with Gasteiger partial charge >= 0.3 is 5.97 Å². The van der Waals surface area contributed by atoms with Crippen molar-refractivity contribution in [3.8, 4) is 5.75 Å². The molecule has 0 atom stereocenters. The Labute approximate surface area is 171 Å². The Kier molecular flexibility index (Phi) is 7.24. The van der Waals surface area contributed by atoms with Gasteiger partial charge in [-0.2, -0.15) is 4.31 Å². The Hall–Kier alpha value is -2.42. The lowest BCUT2D eigenvalue weighted by Crippen LogP contribution is -2.40. The normalized spacial score (nSPS) is 15.1. The van der Waals surface area contributed by atoms with Gasteiger partial charge in [0.05, 0.1) is 25.2 Å². The molecule has 2 aromatic rings. The van der Waals surface area contributed by atoms with Crippen molar-refractivity contribution in [2.45, 2.75) is 24.3 Å². The Bertz CT molecular complexity index is 903. The van der Waals surface area contributed by atoms with E-state index in [0.29, 0.717) is 32.7 Å². The minimum absolute atomic E-state index is 0.208. The standard InChI is InChI=1S/C21H25NO6S/c1-26-19-7-2-18(3-8-19)16-28-21(23)11-6-17-4-9-20(10-5-17)29(24,25)22-12-14-27-15-13-22/h2-5,7-10H,6,11-16H2,1H3. The molecule has 156 valence electrons. The molecule has 7 nitrogen and oxygen atoms in total. The molecule has 2 aromatic carbocycles. The van der Waals surface area contributed by atoms with Crippen molar-refractivity contribution in [3.63, 3.8) is 0 Å². The van der Waals surface area contributed by atoms with Gasteiger partial charge in [-0.3, -0.25) is 4.79 Å². The van der Waals surface area contributed by atoms with E-state index in [1.807, 2.05) is 24.3 Å². The average Bonchev–Trinajstić information content (AvgIpc) is 2.77. The van der Waals surface area contributed by atoms with Crippen molar-refractivity contribution in [3.05, 3.63) is 59.7 Å². The summed E-state index contributed by atoms with van der Waals surface area (Å²) in [6, 6.07) is 14.0. The third-order valence-electron chi connectivity index (χ3n) is 4.71. The number of methoxy groups -OCH3 is 1. The summed E-state index contributed by atoms with van der Waals surface area (Å²) in [5, 5.41) is 0. The zero-order valence-corrected chi connectivity index (χ0v) is 17.2. The summed E-state index contributed by atoms with van der Waals surface area (Å²) >= 11 is 0. The van der Waals surface area contributed by atoms with Gasteiger partial charge in [-0.15, -0.1) is 0 Å². The third kappa shape index (κ3) is 5.79. The van der Waals surface area contributed by atoms with Crippen LogP contribution in [0.4, 0.5) is 0 Å². The molecule has 0 saturated carbocycles. The van der Waals surface area contributed by atoms with Crippen molar-refractivity contribution in [1.29, 1.82) is 0 Å². The molecule has 1 fully saturated rings.